The van der Waals surface area contributed by atoms with Crippen molar-refractivity contribution in [3.63, 3.8) is 0 Å². The Morgan fingerprint density at radius 2 is 1.96 bits per heavy atom. The zero-order valence-electron chi connectivity index (χ0n) is 16.5. The van der Waals surface area contributed by atoms with E-state index in [1.807, 2.05) is 24.3 Å². The maximum Gasteiger partial charge on any atom is 0.287 e. The molecule has 6 heteroatoms. The number of amides is 1. The second-order valence-corrected chi connectivity index (χ2v) is 7.71. The van der Waals surface area contributed by atoms with Gasteiger partial charge in [0.25, 0.3) is 5.91 Å². The Hall–Kier alpha value is -1.82. The van der Waals surface area contributed by atoms with Crippen LogP contribution in [0.5, 0.6) is 0 Å². The number of carbonyl (C=O) groups is 1. The Morgan fingerprint density at radius 3 is 2.71 bits per heavy atom. The summed E-state index contributed by atoms with van der Waals surface area (Å²) in [4.78, 5) is 14.6. The van der Waals surface area contributed by atoms with E-state index in [0.717, 1.165) is 22.9 Å². The van der Waals surface area contributed by atoms with Gasteiger partial charge in [-0.1, -0.05) is 49.1 Å². The van der Waals surface area contributed by atoms with E-state index in [4.69, 9.17) is 20.8 Å². The van der Waals surface area contributed by atoms with E-state index >= 15 is 0 Å². The molecule has 1 N–H and O–H groups in total. The fourth-order valence-electron chi connectivity index (χ4n) is 3.74. The molecular formula is C22H29ClN2O3. The van der Waals surface area contributed by atoms with E-state index in [0.29, 0.717) is 31.5 Å². The van der Waals surface area contributed by atoms with E-state index in [9.17, 15) is 4.79 Å². The molecule has 1 saturated carbocycles. The van der Waals surface area contributed by atoms with Crippen LogP contribution in [0.3, 0.4) is 0 Å². The number of ether oxygens (including phenoxy) is 1. The summed E-state index contributed by atoms with van der Waals surface area (Å²) in [6.45, 7) is 2.39. The normalized spacial score (nSPS) is 15.1. The summed E-state index contributed by atoms with van der Waals surface area (Å²) < 4.78 is 10.8. The van der Waals surface area contributed by atoms with Crippen molar-refractivity contribution in [2.24, 2.45) is 0 Å². The van der Waals surface area contributed by atoms with Crippen LogP contribution < -0.4 is 5.32 Å². The first-order valence-corrected chi connectivity index (χ1v) is 10.4. The number of nitrogens with one attached hydrogen (secondary N) is 1. The fraction of sp³-hybridized carbons (Fsp3) is 0.500. The van der Waals surface area contributed by atoms with Crippen molar-refractivity contribution in [1.82, 2.24) is 10.2 Å². The Labute approximate surface area is 172 Å². The first-order valence-electron chi connectivity index (χ1n) is 10.0. The molecule has 0 unspecified atom stereocenters. The summed E-state index contributed by atoms with van der Waals surface area (Å²) in [7, 11) is 1.61. The molecule has 0 spiro atoms. The number of halogens is 1. The van der Waals surface area contributed by atoms with Gasteiger partial charge in [0.15, 0.2) is 5.76 Å². The minimum atomic E-state index is -0.210. The second kappa shape index (κ2) is 10.6. The summed E-state index contributed by atoms with van der Waals surface area (Å²) >= 11 is 6.40. The van der Waals surface area contributed by atoms with Crippen molar-refractivity contribution in [3.05, 3.63) is 58.5 Å². The zero-order chi connectivity index (χ0) is 19.8. The maximum atomic E-state index is 12.2. The third-order valence-corrected chi connectivity index (χ3v) is 5.63. The molecule has 5 nitrogen and oxygen atoms in total. The lowest BCUT2D eigenvalue weighted by Crippen LogP contribution is -2.35. The van der Waals surface area contributed by atoms with Crippen molar-refractivity contribution in [3.8, 4) is 0 Å². The number of nitrogens with zero attached hydrogens (tertiary/aromatic N) is 1. The van der Waals surface area contributed by atoms with Gasteiger partial charge in [0.2, 0.25) is 0 Å². The standard InChI is InChI=1S/C22H29ClN2O3/c1-27-14-13-24-22(26)21-12-11-19(28-21)16-25(18-8-3-2-4-9-18)15-17-7-5-6-10-20(17)23/h5-7,10-12,18H,2-4,8-9,13-16H2,1H3,(H,24,26). The molecule has 0 atom stereocenters. The largest absolute Gasteiger partial charge is 0.455 e. The minimum absolute atomic E-state index is 0.210. The van der Waals surface area contributed by atoms with Gasteiger partial charge in [-0.25, -0.2) is 0 Å². The Bertz CT molecular complexity index is 756. The minimum Gasteiger partial charge on any atom is -0.455 e. The predicted octanol–water partition coefficient (Wildman–Crippen LogP) is 4.64. The van der Waals surface area contributed by atoms with E-state index in [2.05, 4.69) is 16.3 Å². The number of hydrogen-bond donors (Lipinski definition) is 1. The molecule has 1 fully saturated rings. The highest BCUT2D eigenvalue weighted by Crippen LogP contribution is 2.27. The first kappa shape index (κ1) is 20.9. The van der Waals surface area contributed by atoms with Crippen LogP contribution in [0, 0.1) is 0 Å². The number of benzene rings is 1. The number of hydrogen-bond acceptors (Lipinski definition) is 4. The van der Waals surface area contributed by atoms with Crippen LogP contribution in [-0.2, 0) is 17.8 Å². The van der Waals surface area contributed by atoms with Crippen LogP contribution in [0.2, 0.25) is 5.02 Å². The van der Waals surface area contributed by atoms with E-state index in [-0.39, 0.29) is 5.91 Å². The Balaban J connectivity index is 1.69. The SMILES string of the molecule is COCCNC(=O)c1ccc(CN(Cc2ccccc2Cl)C2CCCCC2)o1. The molecule has 0 radical (unpaired) electrons. The molecule has 0 bridgehead atoms. The molecule has 1 heterocycles. The lowest BCUT2D eigenvalue weighted by Gasteiger charge is -2.34. The quantitative estimate of drug-likeness (QED) is 0.618. The topological polar surface area (TPSA) is 54.7 Å². The average molecular weight is 405 g/mol. The lowest BCUT2D eigenvalue weighted by atomic mass is 9.93. The molecule has 1 aliphatic carbocycles. The summed E-state index contributed by atoms with van der Waals surface area (Å²) in [5.41, 5.74) is 1.12. The highest BCUT2D eigenvalue weighted by atomic mass is 35.5. The van der Waals surface area contributed by atoms with E-state index in [1.165, 1.54) is 32.1 Å². The van der Waals surface area contributed by atoms with Crippen LogP contribution in [0.15, 0.2) is 40.8 Å². The molecule has 152 valence electrons. The molecule has 1 aliphatic rings. The van der Waals surface area contributed by atoms with Crippen molar-refractivity contribution in [2.75, 3.05) is 20.3 Å². The van der Waals surface area contributed by atoms with Crippen molar-refractivity contribution in [1.29, 1.82) is 0 Å². The lowest BCUT2D eigenvalue weighted by molar-refractivity contribution is 0.0900. The van der Waals surface area contributed by atoms with Crippen molar-refractivity contribution < 1.29 is 13.9 Å². The van der Waals surface area contributed by atoms with Gasteiger partial charge in [-0.15, -0.1) is 0 Å². The highest BCUT2D eigenvalue weighted by Gasteiger charge is 2.23. The van der Waals surface area contributed by atoms with Gasteiger partial charge in [-0.05, 0) is 36.6 Å². The van der Waals surface area contributed by atoms with E-state index < -0.39 is 0 Å². The molecular weight excluding hydrogens is 376 g/mol. The van der Waals surface area contributed by atoms with Gasteiger partial charge in [-0.3, -0.25) is 9.69 Å². The van der Waals surface area contributed by atoms with Gasteiger partial charge >= 0.3 is 0 Å². The maximum absolute atomic E-state index is 12.2. The zero-order valence-corrected chi connectivity index (χ0v) is 17.2. The summed E-state index contributed by atoms with van der Waals surface area (Å²) in [6, 6.07) is 12.1. The van der Waals surface area contributed by atoms with Crippen LogP contribution in [-0.4, -0.2) is 37.1 Å². The van der Waals surface area contributed by atoms with Gasteiger partial charge < -0.3 is 14.5 Å². The molecule has 2 aromatic rings. The predicted molar refractivity (Wildman–Crippen MR) is 110 cm³/mol. The van der Waals surface area contributed by atoms with Crippen LogP contribution in [0.1, 0.15) is 54.0 Å². The Kier molecular flexibility index (Phi) is 7.95. The van der Waals surface area contributed by atoms with Gasteiger partial charge in [0, 0.05) is 31.3 Å². The molecule has 1 aromatic heterocycles. The number of carbonyl (C=O) groups excluding carboxylic acids is 1. The molecule has 28 heavy (non-hydrogen) atoms. The average Bonchev–Trinajstić information content (AvgIpc) is 3.18. The highest BCUT2D eigenvalue weighted by molar-refractivity contribution is 6.31. The number of methoxy groups -OCH3 is 1. The van der Waals surface area contributed by atoms with Crippen molar-refractivity contribution in [2.45, 2.75) is 51.2 Å². The molecule has 1 aromatic carbocycles. The molecule has 3 rings (SSSR count). The van der Waals surface area contributed by atoms with Crippen LogP contribution >= 0.6 is 11.6 Å². The third-order valence-electron chi connectivity index (χ3n) is 5.26. The third kappa shape index (κ3) is 5.84. The van der Waals surface area contributed by atoms with Crippen molar-refractivity contribution >= 4 is 17.5 Å². The number of rotatable bonds is 9. The molecule has 0 aliphatic heterocycles. The smallest absolute Gasteiger partial charge is 0.287 e. The van der Waals surface area contributed by atoms with E-state index in [1.54, 1.807) is 13.2 Å². The fourth-order valence-corrected chi connectivity index (χ4v) is 3.94. The van der Waals surface area contributed by atoms with Crippen LogP contribution in [0.25, 0.3) is 0 Å². The molecule has 1 amide bonds. The second-order valence-electron chi connectivity index (χ2n) is 7.30. The number of furan rings is 1. The summed E-state index contributed by atoms with van der Waals surface area (Å²) in [5.74, 6) is 0.931. The molecule has 0 saturated heterocycles. The first-order chi connectivity index (χ1) is 13.7. The summed E-state index contributed by atoms with van der Waals surface area (Å²) in [6.07, 6.45) is 6.21. The van der Waals surface area contributed by atoms with Crippen LogP contribution in [0.4, 0.5) is 0 Å². The van der Waals surface area contributed by atoms with Gasteiger partial charge in [0.1, 0.15) is 5.76 Å². The van der Waals surface area contributed by atoms with Gasteiger partial charge in [0.05, 0.1) is 13.2 Å². The summed E-state index contributed by atoms with van der Waals surface area (Å²) in [5, 5.41) is 3.58. The Morgan fingerprint density at radius 1 is 1.18 bits per heavy atom. The van der Waals surface area contributed by atoms with Gasteiger partial charge in [-0.2, -0.15) is 0 Å². The monoisotopic (exact) mass is 404 g/mol.